The van der Waals surface area contributed by atoms with Gasteiger partial charge in [0.2, 0.25) is 5.91 Å². The molecule has 0 spiro atoms. The highest BCUT2D eigenvalue weighted by molar-refractivity contribution is 9.10. The number of aryl methyl sites for hydroxylation is 2. The van der Waals surface area contributed by atoms with Crippen molar-refractivity contribution >= 4 is 33.4 Å². The van der Waals surface area contributed by atoms with Gasteiger partial charge in [0.05, 0.1) is 5.69 Å². The van der Waals surface area contributed by atoms with Gasteiger partial charge < -0.3 is 10.6 Å². The fourth-order valence-electron chi connectivity index (χ4n) is 3.93. The first-order valence-corrected chi connectivity index (χ1v) is 11.2. The summed E-state index contributed by atoms with van der Waals surface area (Å²) in [5.41, 5.74) is 6.48. The first-order chi connectivity index (χ1) is 14.9. The van der Waals surface area contributed by atoms with Crippen molar-refractivity contribution < 1.29 is 9.59 Å². The van der Waals surface area contributed by atoms with Crippen LogP contribution in [0.15, 0.2) is 46.9 Å². The zero-order valence-electron chi connectivity index (χ0n) is 17.7. The standard InChI is InChI=1S/C24H25BrN4O2/c1-15-10-11-17(25)14-19(15)27-22(30)12-13-26-24(31)23-18-7-5-9-21(18)29(28-23)20-8-4-3-6-16(20)2/h3-4,6,8,10-11,14H,5,7,9,12-13H2,1-2H3,(H,26,31)(H,27,30). The fourth-order valence-corrected chi connectivity index (χ4v) is 4.30. The Morgan fingerprint density at radius 1 is 1.10 bits per heavy atom. The Bertz CT molecular complexity index is 1150. The summed E-state index contributed by atoms with van der Waals surface area (Å²) in [5, 5.41) is 10.4. The van der Waals surface area contributed by atoms with E-state index in [1.54, 1.807) is 0 Å². The average Bonchev–Trinajstić information content (AvgIpc) is 3.34. The first-order valence-electron chi connectivity index (χ1n) is 10.4. The van der Waals surface area contributed by atoms with Crippen LogP contribution in [0.25, 0.3) is 5.69 Å². The van der Waals surface area contributed by atoms with Gasteiger partial charge in [0.1, 0.15) is 0 Å². The Morgan fingerprint density at radius 3 is 2.71 bits per heavy atom. The van der Waals surface area contributed by atoms with Crippen LogP contribution in [0.3, 0.4) is 0 Å². The van der Waals surface area contributed by atoms with E-state index in [1.807, 2.05) is 61.0 Å². The second kappa shape index (κ2) is 9.06. The quantitative estimate of drug-likeness (QED) is 0.545. The van der Waals surface area contributed by atoms with E-state index in [0.29, 0.717) is 5.69 Å². The number of aromatic nitrogens is 2. The van der Waals surface area contributed by atoms with Crippen molar-refractivity contribution in [1.29, 1.82) is 0 Å². The average molecular weight is 481 g/mol. The third-order valence-electron chi connectivity index (χ3n) is 5.60. The van der Waals surface area contributed by atoms with Gasteiger partial charge >= 0.3 is 0 Å². The number of rotatable bonds is 6. The summed E-state index contributed by atoms with van der Waals surface area (Å²) in [4.78, 5) is 25.2. The van der Waals surface area contributed by atoms with Crippen LogP contribution in [-0.2, 0) is 17.6 Å². The highest BCUT2D eigenvalue weighted by Crippen LogP contribution is 2.28. The normalized spacial score (nSPS) is 12.5. The summed E-state index contributed by atoms with van der Waals surface area (Å²) < 4.78 is 2.81. The molecule has 1 aliphatic carbocycles. The zero-order valence-corrected chi connectivity index (χ0v) is 19.3. The van der Waals surface area contributed by atoms with Crippen LogP contribution in [-0.4, -0.2) is 28.1 Å². The largest absolute Gasteiger partial charge is 0.350 e. The van der Waals surface area contributed by atoms with Crippen molar-refractivity contribution in [3.05, 3.63) is 75.0 Å². The smallest absolute Gasteiger partial charge is 0.272 e. The van der Waals surface area contributed by atoms with Crippen LogP contribution >= 0.6 is 15.9 Å². The van der Waals surface area contributed by atoms with Crippen LogP contribution in [0, 0.1) is 13.8 Å². The van der Waals surface area contributed by atoms with Crippen LogP contribution in [0.5, 0.6) is 0 Å². The third-order valence-corrected chi connectivity index (χ3v) is 6.09. The van der Waals surface area contributed by atoms with Crippen molar-refractivity contribution in [3.8, 4) is 5.69 Å². The second-order valence-corrected chi connectivity index (χ2v) is 8.75. The number of benzene rings is 2. The highest BCUT2D eigenvalue weighted by Gasteiger charge is 2.27. The maximum Gasteiger partial charge on any atom is 0.272 e. The third kappa shape index (κ3) is 4.56. The molecular weight excluding hydrogens is 456 g/mol. The maximum atomic E-state index is 12.8. The number of halogens is 1. The Morgan fingerprint density at radius 2 is 1.90 bits per heavy atom. The van der Waals surface area contributed by atoms with Gasteiger partial charge in [-0.3, -0.25) is 9.59 Å². The van der Waals surface area contributed by atoms with Gasteiger partial charge in [0, 0.05) is 34.4 Å². The predicted molar refractivity (Wildman–Crippen MR) is 125 cm³/mol. The van der Waals surface area contributed by atoms with E-state index >= 15 is 0 Å². The molecule has 0 bridgehead atoms. The van der Waals surface area contributed by atoms with E-state index in [2.05, 4.69) is 31.7 Å². The summed E-state index contributed by atoms with van der Waals surface area (Å²) in [5.74, 6) is -0.367. The summed E-state index contributed by atoms with van der Waals surface area (Å²) in [7, 11) is 0. The van der Waals surface area contributed by atoms with Crippen LogP contribution in [0.4, 0.5) is 5.69 Å². The number of fused-ring (bicyclic) bond motifs is 1. The summed E-state index contributed by atoms with van der Waals surface area (Å²) in [6, 6.07) is 13.8. The Hall–Kier alpha value is -2.93. The number of hydrogen-bond donors (Lipinski definition) is 2. The Balaban J connectivity index is 1.42. The zero-order chi connectivity index (χ0) is 22.0. The lowest BCUT2D eigenvalue weighted by atomic mass is 10.1. The Kier molecular flexibility index (Phi) is 6.23. The van der Waals surface area contributed by atoms with Crippen LogP contribution < -0.4 is 10.6 Å². The summed E-state index contributed by atoms with van der Waals surface area (Å²) >= 11 is 3.41. The first kappa shape index (κ1) is 21.3. The predicted octanol–water partition coefficient (Wildman–Crippen LogP) is 4.50. The molecule has 0 aliphatic heterocycles. The molecule has 7 heteroatoms. The second-order valence-electron chi connectivity index (χ2n) is 7.84. The lowest BCUT2D eigenvalue weighted by Gasteiger charge is -2.09. The number of amides is 2. The SMILES string of the molecule is Cc1ccc(Br)cc1NC(=O)CCNC(=O)c1nn(-c2ccccc2C)c2c1CCC2. The molecule has 0 atom stereocenters. The summed E-state index contributed by atoms with van der Waals surface area (Å²) in [6.45, 7) is 4.24. The van der Waals surface area contributed by atoms with Gasteiger partial charge in [-0.1, -0.05) is 40.2 Å². The maximum absolute atomic E-state index is 12.8. The Labute approximate surface area is 190 Å². The molecule has 31 heavy (non-hydrogen) atoms. The fraction of sp³-hybridized carbons (Fsp3) is 0.292. The molecule has 6 nitrogen and oxygen atoms in total. The minimum absolute atomic E-state index is 0.142. The van der Waals surface area contributed by atoms with E-state index in [1.165, 1.54) is 0 Å². The van der Waals surface area contributed by atoms with Gasteiger partial charge in [0.15, 0.2) is 5.69 Å². The monoisotopic (exact) mass is 480 g/mol. The molecule has 2 aromatic carbocycles. The van der Waals surface area contributed by atoms with Crippen molar-refractivity contribution in [1.82, 2.24) is 15.1 Å². The summed E-state index contributed by atoms with van der Waals surface area (Å²) in [6.07, 6.45) is 2.98. The van der Waals surface area contributed by atoms with Crippen molar-refractivity contribution in [3.63, 3.8) is 0 Å². The molecule has 4 rings (SSSR count). The number of anilines is 1. The van der Waals surface area contributed by atoms with Crippen LogP contribution in [0.1, 0.15) is 45.7 Å². The molecule has 2 amide bonds. The number of carbonyl (C=O) groups is 2. The molecule has 0 saturated heterocycles. The molecule has 1 heterocycles. The van der Waals surface area contributed by atoms with Crippen molar-refractivity contribution in [2.24, 2.45) is 0 Å². The highest BCUT2D eigenvalue weighted by atomic mass is 79.9. The molecule has 0 unspecified atom stereocenters. The van der Waals surface area contributed by atoms with E-state index in [-0.39, 0.29) is 24.8 Å². The molecule has 1 aromatic heterocycles. The van der Waals surface area contributed by atoms with Gasteiger partial charge in [-0.25, -0.2) is 4.68 Å². The lowest BCUT2D eigenvalue weighted by molar-refractivity contribution is -0.116. The number of carbonyl (C=O) groups excluding carboxylic acids is 2. The number of nitrogens with zero attached hydrogens (tertiary/aromatic N) is 2. The number of para-hydroxylation sites is 1. The molecular formula is C24H25BrN4O2. The van der Waals surface area contributed by atoms with Crippen LogP contribution in [0.2, 0.25) is 0 Å². The van der Waals surface area contributed by atoms with Crippen molar-refractivity contribution in [2.45, 2.75) is 39.5 Å². The van der Waals surface area contributed by atoms with Crippen molar-refractivity contribution in [2.75, 3.05) is 11.9 Å². The van der Waals surface area contributed by atoms with Gasteiger partial charge in [-0.05, 0) is 62.4 Å². The minimum atomic E-state index is -0.225. The lowest BCUT2D eigenvalue weighted by Crippen LogP contribution is -2.28. The molecule has 0 fully saturated rings. The van der Waals surface area contributed by atoms with E-state index < -0.39 is 0 Å². The minimum Gasteiger partial charge on any atom is -0.350 e. The molecule has 0 saturated carbocycles. The molecule has 160 valence electrons. The van der Waals surface area contributed by atoms with Gasteiger partial charge in [-0.2, -0.15) is 5.10 Å². The number of hydrogen-bond acceptors (Lipinski definition) is 3. The molecule has 3 aromatic rings. The van der Waals surface area contributed by atoms with Gasteiger partial charge in [-0.15, -0.1) is 0 Å². The molecule has 0 radical (unpaired) electrons. The van der Waals surface area contributed by atoms with E-state index in [0.717, 1.165) is 57.5 Å². The molecule has 1 aliphatic rings. The van der Waals surface area contributed by atoms with Gasteiger partial charge in [0.25, 0.3) is 5.91 Å². The topological polar surface area (TPSA) is 76.0 Å². The van der Waals surface area contributed by atoms with E-state index in [4.69, 9.17) is 0 Å². The molecule has 2 N–H and O–H groups in total. The van der Waals surface area contributed by atoms with E-state index in [9.17, 15) is 9.59 Å². The number of nitrogens with one attached hydrogen (secondary N) is 2.